The van der Waals surface area contributed by atoms with Crippen molar-refractivity contribution in [2.45, 2.75) is 32.3 Å². The molecule has 1 heterocycles. The standard InChI is InChI=1S/C22H21FN2O6/c1-22(2,29)12-18(26)30-11-10-13-14(7-5-8-15(13)21(27)28)19-24-20(31-25-19)16-6-3-4-9-17(16)23/h3-9,29H,10-12H2,1-2H3,(H,27,28). The fraction of sp³-hybridized carbons (Fsp3) is 0.273. The molecule has 0 radical (unpaired) electrons. The lowest BCUT2D eigenvalue weighted by molar-refractivity contribution is -0.147. The Morgan fingerprint density at radius 1 is 1.13 bits per heavy atom. The van der Waals surface area contributed by atoms with Gasteiger partial charge in [0.2, 0.25) is 5.82 Å². The maximum Gasteiger partial charge on any atom is 0.335 e. The Morgan fingerprint density at radius 2 is 1.84 bits per heavy atom. The number of carboxylic acid groups (broad SMARTS) is 1. The molecule has 0 atom stereocenters. The number of hydrogen-bond acceptors (Lipinski definition) is 7. The first-order chi connectivity index (χ1) is 14.7. The van der Waals surface area contributed by atoms with Crippen LogP contribution in [0, 0.1) is 5.82 Å². The summed E-state index contributed by atoms with van der Waals surface area (Å²) in [6.07, 6.45) is -0.129. The van der Waals surface area contributed by atoms with E-state index in [0.29, 0.717) is 11.1 Å². The van der Waals surface area contributed by atoms with Crippen LogP contribution in [0.15, 0.2) is 47.0 Å². The predicted molar refractivity (Wildman–Crippen MR) is 108 cm³/mol. The fourth-order valence-electron chi connectivity index (χ4n) is 3.01. The molecule has 31 heavy (non-hydrogen) atoms. The third kappa shape index (κ3) is 5.52. The molecular weight excluding hydrogens is 407 g/mol. The molecule has 0 saturated carbocycles. The minimum Gasteiger partial charge on any atom is -0.478 e. The first-order valence-electron chi connectivity index (χ1n) is 9.48. The van der Waals surface area contributed by atoms with Crippen LogP contribution >= 0.6 is 0 Å². The van der Waals surface area contributed by atoms with Gasteiger partial charge in [-0.05, 0) is 37.6 Å². The van der Waals surface area contributed by atoms with Gasteiger partial charge in [-0.25, -0.2) is 9.18 Å². The third-order valence-corrected chi connectivity index (χ3v) is 4.37. The Bertz CT molecular complexity index is 1100. The number of nitrogens with zero attached hydrogens (tertiary/aromatic N) is 2. The molecule has 9 heteroatoms. The summed E-state index contributed by atoms with van der Waals surface area (Å²) < 4.78 is 24.3. The van der Waals surface area contributed by atoms with Gasteiger partial charge in [0.15, 0.2) is 0 Å². The van der Waals surface area contributed by atoms with Crippen molar-refractivity contribution in [2.24, 2.45) is 0 Å². The molecule has 2 N–H and O–H groups in total. The van der Waals surface area contributed by atoms with Gasteiger partial charge in [-0.2, -0.15) is 4.98 Å². The molecule has 0 unspecified atom stereocenters. The van der Waals surface area contributed by atoms with E-state index in [0.717, 1.165) is 0 Å². The highest BCUT2D eigenvalue weighted by Gasteiger charge is 2.22. The summed E-state index contributed by atoms with van der Waals surface area (Å²) in [5.74, 6) is -2.27. The summed E-state index contributed by atoms with van der Waals surface area (Å²) in [7, 11) is 0. The van der Waals surface area contributed by atoms with E-state index in [1.807, 2.05) is 0 Å². The number of rotatable bonds is 8. The number of hydrogen-bond donors (Lipinski definition) is 2. The van der Waals surface area contributed by atoms with Gasteiger partial charge in [0, 0.05) is 12.0 Å². The summed E-state index contributed by atoms with van der Waals surface area (Å²) in [6.45, 7) is 2.86. The summed E-state index contributed by atoms with van der Waals surface area (Å²) in [4.78, 5) is 27.8. The fourth-order valence-corrected chi connectivity index (χ4v) is 3.01. The van der Waals surface area contributed by atoms with Crippen molar-refractivity contribution in [3.63, 3.8) is 0 Å². The quantitative estimate of drug-likeness (QED) is 0.523. The van der Waals surface area contributed by atoms with Crippen molar-refractivity contribution in [3.05, 3.63) is 59.4 Å². The molecule has 0 spiro atoms. The van der Waals surface area contributed by atoms with Gasteiger partial charge in [-0.1, -0.05) is 29.4 Å². The molecule has 0 aliphatic carbocycles. The highest BCUT2D eigenvalue weighted by atomic mass is 19.1. The zero-order valence-corrected chi connectivity index (χ0v) is 17.0. The number of benzene rings is 2. The lowest BCUT2D eigenvalue weighted by Crippen LogP contribution is -2.25. The Balaban J connectivity index is 1.88. The van der Waals surface area contributed by atoms with E-state index < -0.39 is 23.4 Å². The predicted octanol–water partition coefficient (Wildman–Crippen LogP) is 3.49. The van der Waals surface area contributed by atoms with Crippen molar-refractivity contribution in [1.29, 1.82) is 0 Å². The smallest absolute Gasteiger partial charge is 0.335 e. The van der Waals surface area contributed by atoms with Crippen molar-refractivity contribution >= 4 is 11.9 Å². The van der Waals surface area contributed by atoms with Gasteiger partial charge in [-0.3, -0.25) is 4.79 Å². The van der Waals surface area contributed by atoms with E-state index in [1.54, 1.807) is 12.1 Å². The topological polar surface area (TPSA) is 123 Å². The van der Waals surface area contributed by atoms with Gasteiger partial charge in [0.1, 0.15) is 5.82 Å². The maximum atomic E-state index is 14.0. The number of halogens is 1. The molecule has 0 saturated heterocycles. The van der Waals surface area contributed by atoms with Gasteiger partial charge < -0.3 is 19.5 Å². The monoisotopic (exact) mass is 428 g/mol. The number of aromatic nitrogens is 2. The van der Waals surface area contributed by atoms with Crippen molar-refractivity contribution in [3.8, 4) is 22.8 Å². The largest absolute Gasteiger partial charge is 0.478 e. The minimum absolute atomic E-state index is 0.00622. The number of carbonyl (C=O) groups excluding carboxylic acids is 1. The van der Waals surface area contributed by atoms with Crippen LogP contribution in [0.2, 0.25) is 0 Å². The number of ether oxygens (including phenoxy) is 1. The zero-order chi connectivity index (χ0) is 22.6. The first kappa shape index (κ1) is 22.1. The average molecular weight is 428 g/mol. The Morgan fingerprint density at radius 3 is 2.52 bits per heavy atom. The summed E-state index contributed by atoms with van der Waals surface area (Å²) in [5.41, 5.74) is -0.391. The highest BCUT2D eigenvalue weighted by molar-refractivity contribution is 5.91. The second-order valence-corrected chi connectivity index (χ2v) is 7.50. The second-order valence-electron chi connectivity index (χ2n) is 7.50. The zero-order valence-electron chi connectivity index (χ0n) is 17.0. The van der Waals surface area contributed by atoms with Crippen LogP contribution in [0.4, 0.5) is 4.39 Å². The van der Waals surface area contributed by atoms with Crippen LogP contribution in [-0.4, -0.2) is 44.5 Å². The molecule has 0 aliphatic rings. The Kier molecular flexibility index (Phi) is 6.45. The maximum absolute atomic E-state index is 14.0. The normalized spacial score (nSPS) is 11.4. The molecule has 0 fully saturated rings. The number of aromatic carboxylic acids is 1. The van der Waals surface area contributed by atoms with Gasteiger partial charge in [0.25, 0.3) is 5.89 Å². The van der Waals surface area contributed by atoms with Crippen LogP contribution in [-0.2, 0) is 16.0 Å². The number of aliphatic hydroxyl groups is 1. The van der Waals surface area contributed by atoms with Crippen LogP contribution < -0.4 is 0 Å². The van der Waals surface area contributed by atoms with E-state index in [4.69, 9.17) is 9.26 Å². The second kappa shape index (κ2) is 9.05. The molecule has 3 aromatic rings. The van der Waals surface area contributed by atoms with E-state index in [-0.39, 0.29) is 42.3 Å². The Hall–Kier alpha value is -3.59. The van der Waals surface area contributed by atoms with Crippen LogP contribution in [0.1, 0.15) is 36.2 Å². The molecule has 2 aromatic carbocycles. The van der Waals surface area contributed by atoms with Crippen molar-refractivity contribution in [1.82, 2.24) is 10.1 Å². The van der Waals surface area contributed by atoms with Crippen molar-refractivity contribution in [2.75, 3.05) is 6.61 Å². The Labute approximate surface area is 177 Å². The van der Waals surface area contributed by atoms with Gasteiger partial charge in [-0.15, -0.1) is 0 Å². The van der Waals surface area contributed by atoms with Crippen LogP contribution in [0.25, 0.3) is 22.8 Å². The van der Waals surface area contributed by atoms with Crippen LogP contribution in [0.3, 0.4) is 0 Å². The summed E-state index contributed by atoms with van der Waals surface area (Å²) >= 11 is 0. The molecular formula is C22H21FN2O6. The number of esters is 1. The average Bonchev–Trinajstić information content (AvgIpc) is 3.16. The third-order valence-electron chi connectivity index (χ3n) is 4.37. The van der Waals surface area contributed by atoms with Gasteiger partial charge >= 0.3 is 11.9 Å². The van der Waals surface area contributed by atoms with Crippen LogP contribution in [0.5, 0.6) is 0 Å². The lowest BCUT2D eigenvalue weighted by atomic mass is 9.98. The molecule has 8 nitrogen and oxygen atoms in total. The molecule has 1 aromatic heterocycles. The lowest BCUT2D eigenvalue weighted by Gasteiger charge is -2.16. The molecule has 3 rings (SSSR count). The number of carboxylic acids is 1. The first-order valence-corrected chi connectivity index (χ1v) is 9.48. The highest BCUT2D eigenvalue weighted by Crippen LogP contribution is 2.28. The van der Waals surface area contributed by atoms with E-state index in [9.17, 15) is 24.2 Å². The van der Waals surface area contributed by atoms with E-state index >= 15 is 0 Å². The van der Waals surface area contributed by atoms with Gasteiger partial charge in [0.05, 0.1) is 29.8 Å². The minimum atomic E-state index is -1.21. The molecule has 0 bridgehead atoms. The summed E-state index contributed by atoms with van der Waals surface area (Å²) in [5, 5.41) is 23.1. The van der Waals surface area contributed by atoms with Crippen molar-refractivity contribution < 1.29 is 33.5 Å². The SMILES string of the molecule is CC(C)(O)CC(=O)OCCc1c(C(=O)O)cccc1-c1noc(-c2ccccc2F)n1. The molecule has 162 valence electrons. The summed E-state index contributed by atoms with van der Waals surface area (Å²) in [6, 6.07) is 10.5. The van der Waals surface area contributed by atoms with E-state index in [2.05, 4.69) is 10.1 Å². The number of carbonyl (C=O) groups is 2. The molecule has 0 aliphatic heterocycles. The van der Waals surface area contributed by atoms with E-state index in [1.165, 1.54) is 44.2 Å². The molecule has 0 amide bonds.